The van der Waals surface area contributed by atoms with Crippen molar-refractivity contribution in [2.45, 2.75) is 44.2 Å². The van der Waals surface area contributed by atoms with Crippen molar-refractivity contribution in [2.24, 2.45) is 5.92 Å². The molecule has 0 saturated heterocycles. The fourth-order valence-corrected chi connectivity index (χ4v) is 4.64. The molecule has 4 rings (SSSR count). The lowest BCUT2D eigenvalue weighted by atomic mass is 9.81. The summed E-state index contributed by atoms with van der Waals surface area (Å²) in [5, 5.41) is 12.6. The van der Waals surface area contributed by atoms with Gasteiger partial charge in [0.2, 0.25) is 5.91 Å². The molecule has 2 aromatic carbocycles. The Morgan fingerprint density at radius 3 is 2.69 bits per heavy atom. The average Bonchev–Trinajstić information content (AvgIpc) is 2.79. The first-order valence-corrected chi connectivity index (χ1v) is 10.5. The van der Waals surface area contributed by atoms with Crippen LogP contribution in [0, 0.1) is 17.2 Å². The lowest BCUT2D eigenvalue weighted by Gasteiger charge is -2.42. The van der Waals surface area contributed by atoms with Gasteiger partial charge in [0, 0.05) is 24.7 Å². The third-order valence-corrected chi connectivity index (χ3v) is 6.07. The number of nitriles is 1. The smallest absolute Gasteiger partial charge is 0.226 e. The fraction of sp³-hybridized carbons (Fsp3) is 0.360. The second kappa shape index (κ2) is 8.96. The number of anilines is 1. The molecule has 4 heteroatoms. The van der Waals surface area contributed by atoms with Gasteiger partial charge in [-0.25, -0.2) is 0 Å². The monoisotopic (exact) mass is 385 g/mol. The van der Waals surface area contributed by atoms with E-state index in [1.807, 2.05) is 30.3 Å². The summed E-state index contributed by atoms with van der Waals surface area (Å²) in [5.41, 5.74) is 3.48. The van der Waals surface area contributed by atoms with Gasteiger partial charge in [0.25, 0.3) is 0 Å². The van der Waals surface area contributed by atoms with E-state index >= 15 is 0 Å². The van der Waals surface area contributed by atoms with Crippen molar-refractivity contribution in [3.63, 3.8) is 0 Å². The van der Waals surface area contributed by atoms with Gasteiger partial charge >= 0.3 is 0 Å². The zero-order valence-electron chi connectivity index (χ0n) is 16.6. The largest absolute Gasteiger partial charge is 0.364 e. The summed E-state index contributed by atoms with van der Waals surface area (Å²) >= 11 is 0. The number of para-hydroxylation sites is 1. The van der Waals surface area contributed by atoms with Crippen molar-refractivity contribution in [1.29, 1.82) is 5.26 Å². The molecule has 0 radical (unpaired) electrons. The minimum atomic E-state index is -0.499. The number of nitrogens with one attached hydrogen (secondary N) is 1. The Labute approximate surface area is 172 Å². The molecule has 0 aromatic heterocycles. The molecule has 148 valence electrons. The highest BCUT2D eigenvalue weighted by molar-refractivity contribution is 5.81. The van der Waals surface area contributed by atoms with Gasteiger partial charge in [-0.3, -0.25) is 4.79 Å². The van der Waals surface area contributed by atoms with Gasteiger partial charge in [-0.2, -0.15) is 5.26 Å². The van der Waals surface area contributed by atoms with Crippen molar-refractivity contribution in [1.82, 2.24) is 5.32 Å². The number of amides is 1. The van der Waals surface area contributed by atoms with Gasteiger partial charge in [-0.15, -0.1) is 0 Å². The average molecular weight is 386 g/mol. The number of rotatable bonds is 5. The van der Waals surface area contributed by atoms with Crippen LogP contribution in [-0.2, 0) is 11.2 Å². The van der Waals surface area contributed by atoms with Gasteiger partial charge < -0.3 is 10.2 Å². The third-order valence-electron chi connectivity index (χ3n) is 6.07. The van der Waals surface area contributed by atoms with E-state index in [2.05, 4.69) is 52.7 Å². The van der Waals surface area contributed by atoms with Gasteiger partial charge in [-0.05, 0) is 30.0 Å². The molecule has 0 bridgehead atoms. The van der Waals surface area contributed by atoms with Crippen molar-refractivity contribution in [2.75, 3.05) is 11.4 Å². The molecule has 29 heavy (non-hydrogen) atoms. The quantitative estimate of drug-likeness (QED) is 0.833. The Hall–Kier alpha value is -3.06. The Bertz CT molecular complexity index is 915. The Kier molecular flexibility index (Phi) is 5.95. The molecule has 0 spiro atoms. The number of hydrogen-bond acceptors (Lipinski definition) is 3. The Balaban J connectivity index is 1.49. The van der Waals surface area contributed by atoms with Crippen LogP contribution in [0.2, 0.25) is 0 Å². The van der Waals surface area contributed by atoms with Gasteiger partial charge in [0.1, 0.15) is 6.04 Å². The minimum absolute atomic E-state index is 0.0178. The molecule has 1 aliphatic heterocycles. The number of nitrogens with zero attached hydrogens (tertiary/aromatic N) is 2. The van der Waals surface area contributed by atoms with Gasteiger partial charge in [0.15, 0.2) is 0 Å². The molecular weight excluding hydrogens is 358 g/mol. The van der Waals surface area contributed by atoms with Crippen molar-refractivity contribution >= 4 is 17.7 Å². The maximum absolute atomic E-state index is 13.2. The second-order valence-electron chi connectivity index (χ2n) is 7.95. The summed E-state index contributed by atoms with van der Waals surface area (Å²) in [6, 6.07) is 20.2. The predicted octanol–water partition coefficient (Wildman–Crippen LogP) is 4.33. The topological polar surface area (TPSA) is 56.1 Å². The third kappa shape index (κ3) is 4.35. The number of carbonyl (C=O) groups is 1. The van der Waals surface area contributed by atoms with Crippen LogP contribution in [0.5, 0.6) is 0 Å². The zero-order valence-corrected chi connectivity index (χ0v) is 16.6. The summed E-state index contributed by atoms with van der Waals surface area (Å²) < 4.78 is 0. The lowest BCUT2D eigenvalue weighted by molar-refractivity contribution is -0.126. The Morgan fingerprint density at radius 2 is 1.86 bits per heavy atom. The highest BCUT2D eigenvalue weighted by Crippen LogP contribution is 2.35. The molecule has 1 amide bonds. The second-order valence-corrected chi connectivity index (χ2v) is 7.95. The summed E-state index contributed by atoms with van der Waals surface area (Å²) in [6.45, 7) is 0.831. The molecule has 1 saturated carbocycles. The molecule has 1 aliphatic carbocycles. The summed E-state index contributed by atoms with van der Waals surface area (Å²) in [6.07, 6.45) is 8.97. The van der Waals surface area contributed by atoms with E-state index in [1.165, 1.54) is 11.3 Å². The maximum atomic E-state index is 13.2. The van der Waals surface area contributed by atoms with Crippen LogP contribution in [0.1, 0.15) is 36.8 Å². The molecule has 4 nitrogen and oxygen atoms in total. The van der Waals surface area contributed by atoms with Crippen LogP contribution in [-0.4, -0.2) is 24.5 Å². The standard InChI is InChI=1S/C25H27N3O/c26-18-21(17-19-9-2-1-3-10-19)27-25(29)22-13-5-7-15-24(22)28-16-8-12-20-11-4-6-14-23(20)28/h1-4,6,8-12,14,21-22,24H,5,7,13,15-17H2,(H,27,29)/t21-,22+,24-/m0/s1. The maximum Gasteiger partial charge on any atom is 0.226 e. The van der Waals surface area contributed by atoms with Crippen LogP contribution in [0.3, 0.4) is 0 Å². The van der Waals surface area contributed by atoms with Crippen LogP contribution >= 0.6 is 0 Å². The number of fused-ring (bicyclic) bond motifs is 1. The first-order valence-electron chi connectivity index (χ1n) is 10.5. The molecule has 1 fully saturated rings. The molecule has 0 unspecified atom stereocenters. The summed E-state index contributed by atoms with van der Waals surface area (Å²) in [7, 11) is 0. The normalized spacial score (nSPS) is 21.7. The summed E-state index contributed by atoms with van der Waals surface area (Å²) in [5.74, 6) is -0.0702. The van der Waals surface area contributed by atoms with Crippen molar-refractivity contribution < 1.29 is 4.79 Å². The summed E-state index contributed by atoms with van der Waals surface area (Å²) in [4.78, 5) is 15.6. The van der Waals surface area contributed by atoms with E-state index in [1.54, 1.807) is 0 Å². The minimum Gasteiger partial charge on any atom is -0.364 e. The van der Waals surface area contributed by atoms with Crippen LogP contribution < -0.4 is 10.2 Å². The zero-order chi connectivity index (χ0) is 20.1. The lowest BCUT2D eigenvalue weighted by Crippen LogP contribution is -2.51. The van der Waals surface area contributed by atoms with Crippen LogP contribution in [0.4, 0.5) is 5.69 Å². The first kappa shape index (κ1) is 19.3. The number of hydrogen-bond donors (Lipinski definition) is 1. The number of carbonyl (C=O) groups excluding carboxylic acids is 1. The van der Waals surface area contributed by atoms with Gasteiger partial charge in [0.05, 0.1) is 12.0 Å². The van der Waals surface area contributed by atoms with E-state index in [4.69, 9.17) is 0 Å². The fourth-order valence-electron chi connectivity index (χ4n) is 4.64. The Morgan fingerprint density at radius 1 is 1.10 bits per heavy atom. The molecular formula is C25H27N3O. The van der Waals surface area contributed by atoms with Crippen molar-refractivity contribution in [3.05, 3.63) is 71.8 Å². The van der Waals surface area contributed by atoms with Gasteiger partial charge in [-0.1, -0.05) is 73.5 Å². The van der Waals surface area contributed by atoms with E-state index in [0.29, 0.717) is 6.42 Å². The highest BCUT2D eigenvalue weighted by Gasteiger charge is 2.36. The van der Waals surface area contributed by atoms with E-state index in [-0.39, 0.29) is 17.9 Å². The van der Waals surface area contributed by atoms with E-state index < -0.39 is 6.04 Å². The van der Waals surface area contributed by atoms with Crippen LogP contribution in [0.15, 0.2) is 60.7 Å². The number of benzene rings is 2. The predicted molar refractivity (Wildman–Crippen MR) is 116 cm³/mol. The SMILES string of the molecule is N#C[C@H](Cc1ccccc1)NC(=O)[C@@H]1CCCC[C@@H]1N1CC=Cc2ccccc21. The molecule has 2 aliphatic rings. The molecule has 2 aromatic rings. The van der Waals surface area contributed by atoms with Crippen molar-refractivity contribution in [3.8, 4) is 6.07 Å². The molecule has 3 atom stereocenters. The van der Waals surface area contributed by atoms with E-state index in [0.717, 1.165) is 37.8 Å². The molecule has 1 N–H and O–H groups in total. The van der Waals surface area contributed by atoms with Crippen LogP contribution in [0.25, 0.3) is 6.08 Å². The highest BCUT2D eigenvalue weighted by atomic mass is 16.2. The van der Waals surface area contributed by atoms with E-state index in [9.17, 15) is 10.1 Å². The molecule has 1 heterocycles. The first-order chi connectivity index (χ1) is 14.3.